The average Bonchev–Trinajstić information content (AvgIpc) is 3.23. The second-order valence-electron chi connectivity index (χ2n) is 6.46. The Morgan fingerprint density at radius 1 is 1.24 bits per heavy atom. The Bertz CT molecular complexity index is 412. The van der Waals surface area contributed by atoms with Crippen molar-refractivity contribution in [2.24, 2.45) is 10.4 Å². The maximum atomic E-state index is 12.1. The first-order chi connectivity index (χ1) is 10.2. The van der Waals surface area contributed by atoms with E-state index < -0.39 is 0 Å². The summed E-state index contributed by atoms with van der Waals surface area (Å²) in [5, 5.41) is 3.24. The summed E-state index contributed by atoms with van der Waals surface area (Å²) in [6.45, 7) is 5.91. The number of carbonyl (C=O) groups is 1. The Hall–Kier alpha value is -1.30. The normalized spacial score (nSPS) is 29.7. The third-order valence-corrected chi connectivity index (χ3v) is 4.99. The van der Waals surface area contributed by atoms with Crippen LogP contribution in [0.25, 0.3) is 0 Å². The molecule has 1 spiro atoms. The first-order valence-electron chi connectivity index (χ1n) is 8.04. The van der Waals surface area contributed by atoms with E-state index in [2.05, 4.69) is 15.2 Å². The van der Waals surface area contributed by atoms with Gasteiger partial charge in [0.15, 0.2) is 5.96 Å². The lowest BCUT2D eigenvalue weighted by molar-refractivity contribution is -0.128. The number of amides is 1. The first kappa shape index (κ1) is 14.6. The number of hydrogen-bond donors (Lipinski definition) is 1. The summed E-state index contributed by atoms with van der Waals surface area (Å²) in [6.07, 6.45) is 4.57. The first-order valence-corrected chi connectivity index (χ1v) is 8.04. The van der Waals surface area contributed by atoms with E-state index in [4.69, 9.17) is 4.74 Å². The van der Waals surface area contributed by atoms with Gasteiger partial charge >= 0.3 is 0 Å². The zero-order chi connectivity index (χ0) is 14.7. The molecule has 21 heavy (non-hydrogen) atoms. The van der Waals surface area contributed by atoms with Gasteiger partial charge in [-0.05, 0) is 25.7 Å². The number of guanidine groups is 1. The number of nitrogens with zero attached hydrogens (tertiary/aromatic N) is 3. The Labute approximate surface area is 126 Å². The zero-order valence-corrected chi connectivity index (χ0v) is 12.9. The van der Waals surface area contributed by atoms with Gasteiger partial charge in [-0.2, -0.15) is 0 Å². The predicted octanol–water partition coefficient (Wildman–Crippen LogP) is 0.297. The summed E-state index contributed by atoms with van der Waals surface area (Å²) in [5.74, 6) is 1.04. The van der Waals surface area contributed by atoms with Crippen LogP contribution in [0, 0.1) is 5.41 Å². The van der Waals surface area contributed by atoms with Crippen molar-refractivity contribution in [3.05, 3.63) is 0 Å². The van der Waals surface area contributed by atoms with Crippen LogP contribution in [0.2, 0.25) is 0 Å². The smallest absolute Gasteiger partial charge is 0.241 e. The molecule has 1 atom stereocenters. The molecule has 3 fully saturated rings. The monoisotopic (exact) mass is 294 g/mol. The molecule has 6 nitrogen and oxygen atoms in total. The highest BCUT2D eigenvalue weighted by Crippen LogP contribution is 2.38. The third kappa shape index (κ3) is 3.15. The van der Waals surface area contributed by atoms with E-state index in [0.29, 0.717) is 12.0 Å². The Balaban J connectivity index is 1.50. The van der Waals surface area contributed by atoms with Crippen LogP contribution >= 0.6 is 0 Å². The Morgan fingerprint density at radius 3 is 2.71 bits per heavy atom. The van der Waals surface area contributed by atoms with Gasteiger partial charge in [0.05, 0.1) is 13.2 Å². The zero-order valence-electron chi connectivity index (χ0n) is 12.9. The second kappa shape index (κ2) is 6.22. The van der Waals surface area contributed by atoms with E-state index in [-0.39, 0.29) is 5.91 Å². The van der Waals surface area contributed by atoms with E-state index >= 15 is 0 Å². The van der Waals surface area contributed by atoms with E-state index in [1.54, 1.807) is 7.05 Å². The fourth-order valence-electron chi connectivity index (χ4n) is 3.65. The summed E-state index contributed by atoms with van der Waals surface area (Å²) in [7, 11) is 1.79. The molecule has 1 unspecified atom stereocenters. The summed E-state index contributed by atoms with van der Waals surface area (Å²) < 4.78 is 5.56. The van der Waals surface area contributed by atoms with E-state index in [1.165, 1.54) is 0 Å². The maximum Gasteiger partial charge on any atom is 0.241 e. The molecule has 6 heteroatoms. The maximum absolute atomic E-state index is 12.1. The SMILES string of the molecule is CN=C(NCC(=O)N1CCCC1)N1CCC2(CCOC2)C1. The van der Waals surface area contributed by atoms with Crippen LogP contribution in [-0.4, -0.2) is 74.7 Å². The van der Waals surface area contributed by atoms with Gasteiger partial charge in [-0.25, -0.2) is 0 Å². The van der Waals surface area contributed by atoms with Gasteiger partial charge in [0.2, 0.25) is 5.91 Å². The molecule has 0 aliphatic carbocycles. The lowest BCUT2D eigenvalue weighted by atomic mass is 9.87. The van der Waals surface area contributed by atoms with Gasteiger partial charge in [-0.15, -0.1) is 0 Å². The summed E-state index contributed by atoms with van der Waals surface area (Å²) >= 11 is 0. The van der Waals surface area contributed by atoms with Gasteiger partial charge in [0.25, 0.3) is 0 Å². The fraction of sp³-hybridized carbons (Fsp3) is 0.867. The van der Waals surface area contributed by atoms with Crippen LogP contribution in [0.15, 0.2) is 4.99 Å². The van der Waals surface area contributed by atoms with Crippen molar-refractivity contribution in [2.45, 2.75) is 25.7 Å². The average molecular weight is 294 g/mol. The van der Waals surface area contributed by atoms with Crippen molar-refractivity contribution in [3.8, 4) is 0 Å². The number of carbonyl (C=O) groups excluding carboxylic acids is 1. The number of rotatable bonds is 2. The van der Waals surface area contributed by atoms with Crippen LogP contribution < -0.4 is 5.32 Å². The minimum absolute atomic E-state index is 0.187. The number of hydrogen-bond acceptors (Lipinski definition) is 3. The molecule has 0 aromatic heterocycles. The molecule has 3 saturated heterocycles. The van der Waals surface area contributed by atoms with E-state index in [9.17, 15) is 4.79 Å². The summed E-state index contributed by atoms with van der Waals surface area (Å²) in [5.41, 5.74) is 0.316. The highest BCUT2D eigenvalue weighted by atomic mass is 16.5. The number of aliphatic imine (C=N–C) groups is 1. The lowest BCUT2D eigenvalue weighted by Gasteiger charge is -2.25. The van der Waals surface area contributed by atoms with Crippen LogP contribution in [0.5, 0.6) is 0 Å². The van der Waals surface area contributed by atoms with Crippen molar-refractivity contribution in [1.82, 2.24) is 15.1 Å². The molecule has 1 N–H and O–H groups in total. The van der Waals surface area contributed by atoms with Crippen molar-refractivity contribution in [1.29, 1.82) is 0 Å². The van der Waals surface area contributed by atoms with Crippen molar-refractivity contribution < 1.29 is 9.53 Å². The molecule has 0 saturated carbocycles. The van der Waals surface area contributed by atoms with Gasteiger partial charge < -0.3 is 19.9 Å². The standard InChI is InChI=1S/C15H26N4O2/c1-16-14(17-10-13(20)18-6-2-3-7-18)19-8-4-15(11-19)5-9-21-12-15/h2-12H2,1H3,(H,16,17). The molecule has 3 rings (SSSR count). The molecule has 0 aromatic rings. The minimum atomic E-state index is 0.187. The number of likely N-dealkylation sites (tertiary alicyclic amines) is 2. The van der Waals surface area contributed by atoms with E-state index in [1.807, 2.05) is 4.90 Å². The molecule has 1 amide bonds. The quantitative estimate of drug-likeness (QED) is 0.588. The molecule has 0 bridgehead atoms. The van der Waals surface area contributed by atoms with Crippen molar-refractivity contribution in [3.63, 3.8) is 0 Å². The molecule has 0 aromatic carbocycles. The van der Waals surface area contributed by atoms with Gasteiger partial charge in [-0.1, -0.05) is 0 Å². The number of nitrogens with one attached hydrogen (secondary N) is 1. The fourth-order valence-corrected chi connectivity index (χ4v) is 3.65. The third-order valence-electron chi connectivity index (χ3n) is 4.99. The molecule has 3 aliphatic rings. The predicted molar refractivity (Wildman–Crippen MR) is 81.2 cm³/mol. The molecule has 3 heterocycles. The number of ether oxygens (including phenoxy) is 1. The van der Waals surface area contributed by atoms with Gasteiger partial charge in [0, 0.05) is 45.2 Å². The van der Waals surface area contributed by atoms with Crippen LogP contribution in [0.3, 0.4) is 0 Å². The topological polar surface area (TPSA) is 57.2 Å². The van der Waals surface area contributed by atoms with E-state index in [0.717, 1.165) is 71.0 Å². The van der Waals surface area contributed by atoms with Crippen LogP contribution in [0.1, 0.15) is 25.7 Å². The molecule has 0 radical (unpaired) electrons. The van der Waals surface area contributed by atoms with Crippen molar-refractivity contribution in [2.75, 3.05) is 53.0 Å². The molecular formula is C15H26N4O2. The largest absolute Gasteiger partial charge is 0.381 e. The summed E-state index contributed by atoms with van der Waals surface area (Å²) in [6, 6.07) is 0. The van der Waals surface area contributed by atoms with Crippen LogP contribution in [-0.2, 0) is 9.53 Å². The molecular weight excluding hydrogens is 268 g/mol. The van der Waals surface area contributed by atoms with Gasteiger partial charge in [-0.3, -0.25) is 9.79 Å². The highest BCUT2D eigenvalue weighted by molar-refractivity contribution is 5.86. The molecule has 3 aliphatic heterocycles. The molecule has 118 valence electrons. The Kier molecular flexibility index (Phi) is 4.33. The lowest BCUT2D eigenvalue weighted by Crippen LogP contribution is -2.46. The van der Waals surface area contributed by atoms with Crippen LogP contribution in [0.4, 0.5) is 0 Å². The second-order valence-corrected chi connectivity index (χ2v) is 6.46. The highest BCUT2D eigenvalue weighted by Gasteiger charge is 2.42. The Morgan fingerprint density at radius 2 is 2.05 bits per heavy atom. The van der Waals surface area contributed by atoms with Crippen molar-refractivity contribution >= 4 is 11.9 Å². The minimum Gasteiger partial charge on any atom is -0.381 e. The van der Waals surface area contributed by atoms with Gasteiger partial charge in [0.1, 0.15) is 0 Å². The summed E-state index contributed by atoms with van der Waals surface area (Å²) in [4.78, 5) is 20.7.